The first-order valence-electron chi connectivity index (χ1n) is 9.57. The van der Waals surface area contributed by atoms with Crippen molar-refractivity contribution >= 4 is 22.9 Å². The molecule has 0 atom stereocenters. The third-order valence-electron chi connectivity index (χ3n) is 5.56. The van der Waals surface area contributed by atoms with Gasteiger partial charge in [0.05, 0.1) is 22.6 Å². The van der Waals surface area contributed by atoms with Gasteiger partial charge in [0.2, 0.25) is 0 Å². The molecule has 0 saturated carbocycles. The van der Waals surface area contributed by atoms with Crippen LogP contribution in [-0.2, 0) is 6.42 Å². The average Bonchev–Trinajstić information content (AvgIpc) is 2.84. The average molecular weight is 359 g/mol. The normalized spacial score (nSPS) is 16.5. The van der Waals surface area contributed by atoms with Gasteiger partial charge in [-0.3, -0.25) is 0 Å². The quantitative estimate of drug-likeness (QED) is 0.841. The number of nitriles is 1. The van der Waals surface area contributed by atoms with Crippen LogP contribution < -0.4 is 5.32 Å². The Bertz CT molecular complexity index is 946. The zero-order valence-corrected chi connectivity index (χ0v) is 16.2. The van der Waals surface area contributed by atoms with E-state index in [9.17, 15) is 5.26 Å². The molecule has 0 unspecified atom stereocenters. The number of benzene rings is 2. The number of aryl methyl sites for hydroxylation is 1. The van der Waals surface area contributed by atoms with Crippen molar-refractivity contribution in [3.05, 3.63) is 52.6 Å². The summed E-state index contributed by atoms with van der Waals surface area (Å²) in [7, 11) is 2.16. The Labute approximate surface area is 160 Å². The SMILES string of the molecule is CCc1c(C)cc2c(c1C#N)Nc1ccccc1N=C2N1CCN(C)CC1. The summed E-state index contributed by atoms with van der Waals surface area (Å²) in [6.07, 6.45) is 0.840. The molecule has 1 fully saturated rings. The monoisotopic (exact) mass is 359 g/mol. The molecule has 5 heteroatoms. The van der Waals surface area contributed by atoms with E-state index >= 15 is 0 Å². The zero-order valence-electron chi connectivity index (χ0n) is 16.2. The summed E-state index contributed by atoms with van der Waals surface area (Å²) < 4.78 is 0. The van der Waals surface area contributed by atoms with Crippen LogP contribution in [0.4, 0.5) is 17.1 Å². The molecular weight excluding hydrogens is 334 g/mol. The smallest absolute Gasteiger partial charge is 0.138 e. The summed E-state index contributed by atoms with van der Waals surface area (Å²) in [5, 5.41) is 13.5. The maximum atomic E-state index is 9.95. The van der Waals surface area contributed by atoms with Crippen LogP contribution in [0.15, 0.2) is 35.3 Å². The van der Waals surface area contributed by atoms with Gasteiger partial charge in [-0.2, -0.15) is 5.26 Å². The molecular formula is C22H25N5. The Morgan fingerprint density at radius 1 is 1.19 bits per heavy atom. The summed E-state index contributed by atoms with van der Waals surface area (Å²) in [6.45, 7) is 8.11. The molecule has 0 spiro atoms. The molecule has 2 aromatic carbocycles. The van der Waals surface area contributed by atoms with Crippen LogP contribution >= 0.6 is 0 Å². The lowest BCUT2D eigenvalue weighted by atomic mass is 9.93. The van der Waals surface area contributed by atoms with Gasteiger partial charge in [-0.25, -0.2) is 4.99 Å². The van der Waals surface area contributed by atoms with Crippen LogP contribution in [0.3, 0.4) is 0 Å². The van der Waals surface area contributed by atoms with Crippen molar-refractivity contribution in [3.63, 3.8) is 0 Å². The molecule has 2 aliphatic rings. The predicted molar refractivity (Wildman–Crippen MR) is 110 cm³/mol. The Kier molecular flexibility index (Phi) is 4.59. The Balaban J connectivity index is 1.94. The summed E-state index contributed by atoms with van der Waals surface area (Å²) >= 11 is 0. The van der Waals surface area contributed by atoms with E-state index in [1.54, 1.807) is 0 Å². The molecule has 1 saturated heterocycles. The number of piperazine rings is 1. The number of nitrogens with one attached hydrogen (secondary N) is 1. The highest BCUT2D eigenvalue weighted by molar-refractivity contribution is 6.09. The van der Waals surface area contributed by atoms with Gasteiger partial charge < -0.3 is 15.1 Å². The Morgan fingerprint density at radius 3 is 2.63 bits per heavy atom. The minimum Gasteiger partial charge on any atom is -0.353 e. The van der Waals surface area contributed by atoms with E-state index in [0.29, 0.717) is 0 Å². The lowest BCUT2D eigenvalue weighted by Crippen LogP contribution is -2.47. The highest BCUT2D eigenvalue weighted by atomic mass is 15.3. The van der Waals surface area contributed by atoms with Crippen molar-refractivity contribution in [1.29, 1.82) is 5.26 Å². The molecule has 138 valence electrons. The van der Waals surface area contributed by atoms with Crippen molar-refractivity contribution in [3.8, 4) is 6.07 Å². The number of fused-ring (bicyclic) bond motifs is 2. The van der Waals surface area contributed by atoms with Crippen LogP contribution in [-0.4, -0.2) is 48.9 Å². The van der Waals surface area contributed by atoms with Gasteiger partial charge in [-0.1, -0.05) is 19.1 Å². The standard InChI is InChI=1S/C22H25N5/c1-4-16-15(2)13-17-21(18(16)14-23)24-19-7-5-6-8-20(19)25-22(17)27-11-9-26(3)10-12-27/h5-8,13,24H,4,9-12H2,1-3H3. The molecule has 2 aliphatic heterocycles. The highest BCUT2D eigenvalue weighted by Gasteiger charge is 2.27. The molecule has 1 N–H and O–H groups in total. The molecule has 0 amide bonds. The van der Waals surface area contributed by atoms with Crippen molar-refractivity contribution < 1.29 is 0 Å². The zero-order chi connectivity index (χ0) is 19.0. The topological polar surface area (TPSA) is 54.7 Å². The molecule has 27 heavy (non-hydrogen) atoms. The molecule has 0 aromatic heterocycles. The number of para-hydroxylation sites is 2. The summed E-state index contributed by atoms with van der Waals surface area (Å²) in [5.41, 5.74) is 6.80. The number of anilines is 2. The van der Waals surface area contributed by atoms with Gasteiger partial charge in [-0.15, -0.1) is 0 Å². The van der Waals surface area contributed by atoms with Crippen LogP contribution in [0, 0.1) is 18.3 Å². The molecule has 0 bridgehead atoms. The van der Waals surface area contributed by atoms with Gasteiger partial charge in [0.15, 0.2) is 0 Å². The van der Waals surface area contributed by atoms with Crippen molar-refractivity contribution in [2.75, 3.05) is 38.5 Å². The number of hydrogen-bond acceptors (Lipinski definition) is 5. The second-order valence-corrected chi connectivity index (χ2v) is 7.30. The fourth-order valence-electron chi connectivity index (χ4n) is 3.99. The first-order valence-corrected chi connectivity index (χ1v) is 9.57. The summed E-state index contributed by atoms with van der Waals surface area (Å²) in [4.78, 5) is 9.75. The van der Waals surface area contributed by atoms with Gasteiger partial charge in [0, 0.05) is 31.7 Å². The molecule has 2 heterocycles. The van der Waals surface area contributed by atoms with Crippen LogP contribution in [0.2, 0.25) is 0 Å². The molecule has 0 aliphatic carbocycles. The first kappa shape index (κ1) is 17.6. The van der Waals surface area contributed by atoms with Crippen LogP contribution in [0.5, 0.6) is 0 Å². The second-order valence-electron chi connectivity index (χ2n) is 7.30. The number of hydrogen-bond donors (Lipinski definition) is 1. The predicted octanol–water partition coefficient (Wildman–Crippen LogP) is 3.81. The number of rotatable bonds is 1. The fourth-order valence-corrected chi connectivity index (χ4v) is 3.99. The molecule has 2 aromatic rings. The van der Waals surface area contributed by atoms with Gasteiger partial charge >= 0.3 is 0 Å². The lowest BCUT2D eigenvalue weighted by Gasteiger charge is -2.35. The van der Waals surface area contributed by atoms with E-state index in [1.165, 1.54) is 0 Å². The molecule has 4 rings (SSSR count). The number of likely N-dealkylation sites (N-methyl/N-ethyl adjacent to an activating group) is 1. The summed E-state index contributed by atoms with van der Waals surface area (Å²) in [6, 6.07) is 12.7. The first-order chi connectivity index (χ1) is 13.1. The molecule has 0 radical (unpaired) electrons. The maximum Gasteiger partial charge on any atom is 0.138 e. The second kappa shape index (κ2) is 7.05. The van der Waals surface area contributed by atoms with Gasteiger partial charge in [0.25, 0.3) is 0 Å². The minimum atomic E-state index is 0.742. The third-order valence-corrected chi connectivity index (χ3v) is 5.56. The Morgan fingerprint density at radius 2 is 1.93 bits per heavy atom. The van der Waals surface area contributed by atoms with E-state index in [-0.39, 0.29) is 0 Å². The van der Waals surface area contributed by atoms with Crippen molar-refractivity contribution in [2.45, 2.75) is 20.3 Å². The van der Waals surface area contributed by atoms with E-state index in [4.69, 9.17) is 4.99 Å². The van der Waals surface area contributed by atoms with Gasteiger partial charge in [0.1, 0.15) is 11.9 Å². The van der Waals surface area contributed by atoms with Crippen LogP contribution in [0.1, 0.15) is 29.2 Å². The van der Waals surface area contributed by atoms with E-state index in [2.05, 4.69) is 48.1 Å². The van der Waals surface area contributed by atoms with E-state index in [0.717, 1.165) is 77.8 Å². The Hall–Kier alpha value is -2.84. The van der Waals surface area contributed by atoms with E-state index in [1.807, 2.05) is 24.3 Å². The molecule has 5 nitrogen and oxygen atoms in total. The largest absolute Gasteiger partial charge is 0.353 e. The van der Waals surface area contributed by atoms with Crippen LogP contribution in [0.25, 0.3) is 0 Å². The number of nitrogens with zero attached hydrogens (tertiary/aromatic N) is 4. The highest BCUT2D eigenvalue weighted by Crippen LogP contribution is 2.38. The fraction of sp³-hybridized carbons (Fsp3) is 0.364. The summed E-state index contributed by atoms with van der Waals surface area (Å²) in [5.74, 6) is 0.970. The number of aliphatic imine (C=N–C) groups is 1. The third kappa shape index (κ3) is 3.07. The lowest BCUT2D eigenvalue weighted by molar-refractivity contribution is 0.216. The maximum absolute atomic E-state index is 9.95. The minimum absolute atomic E-state index is 0.742. The number of amidine groups is 1. The van der Waals surface area contributed by atoms with Gasteiger partial charge in [-0.05, 0) is 49.7 Å². The van der Waals surface area contributed by atoms with E-state index < -0.39 is 0 Å². The van der Waals surface area contributed by atoms with Crippen molar-refractivity contribution in [1.82, 2.24) is 9.80 Å². The van der Waals surface area contributed by atoms with Crippen molar-refractivity contribution in [2.24, 2.45) is 4.99 Å².